The number of carbonyl (C=O) groups excluding carboxylic acids is 1. The van der Waals surface area contributed by atoms with Gasteiger partial charge in [0.15, 0.2) is 0 Å². The first-order valence-electron chi connectivity index (χ1n) is 4.20. The lowest BCUT2D eigenvalue weighted by atomic mass is 9.95. The zero-order chi connectivity index (χ0) is 8.27. The molecule has 0 saturated carbocycles. The minimum absolute atomic E-state index is 0.0416. The van der Waals surface area contributed by atoms with Crippen LogP contribution < -0.4 is 11.1 Å². The summed E-state index contributed by atoms with van der Waals surface area (Å²) >= 11 is 0. The number of nitrogens with one attached hydrogen (secondary N) is 1. The minimum atomic E-state index is -0.170. The maximum absolute atomic E-state index is 10.7. The summed E-state index contributed by atoms with van der Waals surface area (Å²) in [6.07, 6.45) is 2.14. The van der Waals surface area contributed by atoms with Crippen molar-refractivity contribution in [2.45, 2.75) is 19.8 Å². The van der Waals surface area contributed by atoms with Gasteiger partial charge in [0.25, 0.3) is 0 Å². The summed E-state index contributed by atoms with van der Waals surface area (Å²) in [6, 6.07) is 0. The standard InChI is InChI=1S/C8H16N2O/c1-6(8(9)11)4-7-2-3-10-5-7/h6-7,10H,2-5H2,1H3,(H2,9,11)/t6?,7-/m0/s1. The van der Waals surface area contributed by atoms with Crippen LogP contribution in [0.15, 0.2) is 0 Å². The van der Waals surface area contributed by atoms with Gasteiger partial charge < -0.3 is 11.1 Å². The summed E-state index contributed by atoms with van der Waals surface area (Å²) in [5.41, 5.74) is 5.15. The molecule has 3 N–H and O–H groups in total. The second kappa shape index (κ2) is 3.72. The molecule has 0 aromatic carbocycles. The van der Waals surface area contributed by atoms with E-state index < -0.39 is 0 Å². The Morgan fingerprint density at radius 3 is 3.00 bits per heavy atom. The fraction of sp³-hybridized carbons (Fsp3) is 0.875. The number of nitrogens with two attached hydrogens (primary N) is 1. The number of primary amides is 1. The SMILES string of the molecule is CC(C[C@@H]1CCNC1)C(N)=O. The van der Waals surface area contributed by atoms with Gasteiger partial charge in [0.05, 0.1) is 0 Å². The predicted molar refractivity (Wildman–Crippen MR) is 44.0 cm³/mol. The number of carbonyl (C=O) groups is 1. The van der Waals surface area contributed by atoms with Crippen LogP contribution in [0.2, 0.25) is 0 Å². The molecule has 0 radical (unpaired) electrons. The number of hydrogen-bond acceptors (Lipinski definition) is 2. The van der Waals surface area contributed by atoms with Gasteiger partial charge in [0, 0.05) is 5.92 Å². The lowest BCUT2D eigenvalue weighted by Crippen LogP contribution is -2.23. The van der Waals surface area contributed by atoms with Crippen LogP contribution in [0.3, 0.4) is 0 Å². The van der Waals surface area contributed by atoms with Gasteiger partial charge in [-0.1, -0.05) is 6.92 Å². The van der Waals surface area contributed by atoms with Crippen molar-refractivity contribution in [3.63, 3.8) is 0 Å². The van der Waals surface area contributed by atoms with Gasteiger partial charge in [-0.05, 0) is 31.8 Å². The molecule has 3 nitrogen and oxygen atoms in total. The Labute approximate surface area is 67.3 Å². The second-order valence-electron chi connectivity index (χ2n) is 3.40. The van der Waals surface area contributed by atoms with E-state index in [9.17, 15) is 4.79 Å². The van der Waals surface area contributed by atoms with Crippen LogP contribution in [0.25, 0.3) is 0 Å². The zero-order valence-corrected chi connectivity index (χ0v) is 6.97. The van der Waals surface area contributed by atoms with Gasteiger partial charge >= 0.3 is 0 Å². The summed E-state index contributed by atoms with van der Waals surface area (Å²) in [4.78, 5) is 10.7. The Morgan fingerprint density at radius 1 is 1.82 bits per heavy atom. The molecule has 1 aliphatic rings. The molecule has 0 aromatic rings. The summed E-state index contributed by atoms with van der Waals surface area (Å²) in [5, 5.41) is 3.26. The quantitative estimate of drug-likeness (QED) is 0.609. The van der Waals surface area contributed by atoms with Gasteiger partial charge in [0.2, 0.25) is 5.91 Å². The maximum atomic E-state index is 10.7. The number of hydrogen-bond donors (Lipinski definition) is 2. The van der Waals surface area contributed by atoms with Crippen LogP contribution in [0, 0.1) is 11.8 Å². The van der Waals surface area contributed by atoms with Crippen LogP contribution >= 0.6 is 0 Å². The van der Waals surface area contributed by atoms with Crippen LogP contribution in [-0.4, -0.2) is 19.0 Å². The van der Waals surface area contributed by atoms with Crippen molar-refractivity contribution in [2.24, 2.45) is 17.6 Å². The van der Waals surface area contributed by atoms with Crippen molar-refractivity contribution in [1.82, 2.24) is 5.32 Å². The summed E-state index contributed by atoms with van der Waals surface area (Å²) in [7, 11) is 0. The van der Waals surface area contributed by atoms with Crippen LogP contribution in [0.4, 0.5) is 0 Å². The van der Waals surface area contributed by atoms with E-state index in [0.717, 1.165) is 19.5 Å². The fourth-order valence-corrected chi connectivity index (χ4v) is 1.53. The molecular weight excluding hydrogens is 140 g/mol. The second-order valence-corrected chi connectivity index (χ2v) is 3.40. The third-order valence-corrected chi connectivity index (χ3v) is 2.33. The van der Waals surface area contributed by atoms with Crippen molar-refractivity contribution in [3.05, 3.63) is 0 Å². The Kier molecular flexibility index (Phi) is 2.88. The van der Waals surface area contributed by atoms with Gasteiger partial charge in [-0.15, -0.1) is 0 Å². The molecule has 1 fully saturated rings. The van der Waals surface area contributed by atoms with Crippen LogP contribution in [0.5, 0.6) is 0 Å². The van der Waals surface area contributed by atoms with E-state index in [1.54, 1.807) is 0 Å². The molecule has 1 amide bonds. The average Bonchev–Trinajstić information content (AvgIpc) is 2.39. The van der Waals surface area contributed by atoms with E-state index in [1.807, 2.05) is 6.92 Å². The average molecular weight is 156 g/mol. The highest BCUT2D eigenvalue weighted by molar-refractivity contribution is 5.76. The number of rotatable bonds is 3. The van der Waals surface area contributed by atoms with E-state index in [2.05, 4.69) is 5.32 Å². The Morgan fingerprint density at radius 2 is 2.55 bits per heavy atom. The molecule has 1 rings (SSSR count). The third-order valence-electron chi connectivity index (χ3n) is 2.33. The predicted octanol–water partition coefficient (Wildman–Crippen LogP) is 0.107. The molecule has 11 heavy (non-hydrogen) atoms. The molecule has 3 heteroatoms. The summed E-state index contributed by atoms with van der Waals surface area (Å²) < 4.78 is 0. The highest BCUT2D eigenvalue weighted by atomic mass is 16.1. The zero-order valence-electron chi connectivity index (χ0n) is 6.97. The number of amides is 1. The Bertz CT molecular complexity index is 141. The lowest BCUT2D eigenvalue weighted by Gasteiger charge is -2.11. The largest absolute Gasteiger partial charge is 0.369 e. The van der Waals surface area contributed by atoms with E-state index in [1.165, 1.54) is 6.42 Å². The summed E-state index contributed by atoms with van der Waals surface area (Å²) in [5.74, 6) is 0.536. The molecule has 0 aromatic heterocycles. The van der Waals surface area contributed by atoms with Crippen molar-refractivity contribution in [1.29, 1.82) is 0 Å². The van der Waals surface area contributed by atoms with Crippen molar-refractivity contribution in [3.8, 4) is 0 Å². The van der Waals surface area contributed by atoms with Gasteiger partial charge in [-0.3, -0.25) is 4.79 Å². The van der Waals surface area contributed by atoms with E-state index >= 15 is 0 Å². The van der Waals surface area contributed by atoms with E-state index in [0.29, 0.717) is 5.92 Å². The fourth-order valence-electron chi connectivity index (χ4n) is 1.53. The van der Waals surface area contributed by atoms with Crippen LogP contribution in [0.1, 0.15) is 19.8 Å². The van der Waals surface area contributed by atoms with Crippen molar-refractivity contribution in [2.75, 3.05) is 13.1 Å². The molecule has 0 aliphatic carbocycles. The first kappa shape index (κ1) is 8.53. The molecule has 0 bridgehead atoms. The van der Waals surface area contributed by atoms with Crippen molar-refractivity contribution >= 4 is 5.91 Å². The van der Waals surface area contributed by atoms with Gasteiger partial charge in [-0.2, -0.15) is 0 Å². The monoisotopic (exact) mass is 156 g/mol. The smallest absolute Gasteiger partial charge is 0.220 e. The molecule has 2 atom stereocenters. The van der Waals surface area contributed by atoms with Crippen LogP contribution in [-0.2, 0) is 4.79 Å². The summed E-state index contributed by atoms with van der Waals surface area (Å²) in [6.45, 7) is 4.05. The van der Waals surface area contributed by atoms with E-state index in [-0.39, 0.29) is 11.8 Å². The molecular formula is C8H16N2O. The topological polar surface area (TPSA) is 55.1 Å². The highest BCUT2D eigenvalue weighted by Crippen LogP contribution is 2.17. The Hall–Kier alpha value is -0.570. The Balaban J connectivity index is 2.23. The normalized spacial score (nSPS) is 26.8. The third kappa shape index (κ3) is 2.50. The van der Waals surface area contributed by atoms with Crippen molar-refractivity contribution < 1.29 is 4.79 Å². The molecule has 1 aliphatic heterocycles. The molecule has 1 heterocycles. The maximum Gasteiger partial charge on any atom is 0.220 e. The molecule has 64 valence electrons. The molecule has 1 unspecified atom stereocenters. The minimum Gasteiger partial charge on any atom is -0.369 e. The molecule has 0 spiro atoms. The van der Waals surface area contributed by atoms with Gasteiger partial charge in [-0.25, -0.2) is 0 Å². The first-order valence-corrected chi connectivity index (χ1v) is 4.20. The highest BCUT2D eigenvalue weighted by Gasteiger charge is 2.19. The molecule has 1 saturated heterocycles. The lowest BCUT2D eigenvalue weighted by molar-refractivity contribution is -0.121. The first-order chi connectivity index (χ1) is 5.20. The van der Waals surface area contributed by atoms with Gasteiger partial charge in [0.1, 0.15) is 0 Å². The van der Waals surface area contributed by atoms with E-state index in [4.69, 9.17) is 5.73 Å².